The Morgan fingerprint density at radius 1 is 1.30 bits per heavy atom. The third-order valence-corrected chi connectivity index (χ3v) is 5.76. The lowest BCUT2D eigenvalue weighted by Crippen LogP contribution is -2.16. The number of nitrogens with zero attached hydrogens (tertiary/aromatic N) is 4. The molecule has 0 aliphatic carbocycles. The number of rotatable bonds is 8. The molecule has 2 aromatic heterocycles. The molecule has 30 heavy (non-hydrogen) atoms. The fourth-order valence-electron chi connectivity index (χ4n) is 2.74. The summed E-state index contributed by atoms with van der Waals surface area (Å²) in [6.45, 7) is 6.48. The number of nitrogens with one attached hydrogen (secondary N) is 1. The van der Waals surface area contributed by atoms with Crippen LogP contribution in [0.2, 0.25) is 10.2 Å². The number of aryl methyl sites for hydroxylation is 1. The van der Waals surface area contributed by atoms with E-state index in [2.05, 4.69) is 20.5 Å². The van der Waals surface area contributed by atoms with Gasteiger partial charge in [-0.05, 0) is 50.6 Å². The molecule has 0 aliphatic rings. The molecule has 0 bridgehead atoms. The molecule has 1 amide bonds. The Balaban J connectivity index is 1.67. The summed E-state index contributed by atoms with van der Waals surface area (Å²) in [5, 5.41) is 12.7. The Morgan fingerprint density at radius 3 is 2.83 bits per heavy atom. The van der Waals surface area contributed by atoms with Crippen molar-refractivity contribution in [2.45, 2.75) is 38.6 Å². The topological polar surface area (TPSA) is 81.9 Å². The first kappa shape index (κ1) is 22.4. The Kier molecular flexibility index (Phi) is 7.58. The van der Waals surface area contributed by atoms with Crippen LogP contribution < -0.4 is 10.1 Å². The molecule has 0 aliphatic heterocycles. The zero-order valence-electron chi connectivity index (χ0n) is 16.7. The molecular formula is C20H21Cl2N5O2S. The van der Waals surface area contributed by atoms with Gasteiger partial charge in [0.1, 0.15) is 5.75 Å². The number of amides is 1. The summed E-state index contributed by atoms with van der Waals surface area (Å²) in [6, 6.07) is 9.01. The maximum Gasteiger partial charge on any atom is 0.234 e. The summed E-state index contributed by atoms with van der Waals surface area (Å²) in [5.74, 6) is 1.20. The molecule has 1 atom stereocenters. The molecule has 3 aromatic rings. The van der Waals surface area contributed by atoms with Crippen LogP contribution in [0, 0.1) is 6.92 Å². The Hall–Kier alpha value is -2.29. The zero-order valence-corrected chi connectivity index (χ0v) is 19.1. The molecule has 158 valence electrons. The predicted octanol–water partition coefficient (Wildman–Crippen LogP) is 5.18. The Bertz CT molecular complexity index is 1040. The molecule has 3 rings (SSSR count). The molecule has 0 saturated heterocycles. The molecule has 1 N–H and O–H groups in total. The molecule has 0 saturated carbocycles. The summed E-state index contributed by atoms with van der Waals surface area (Å²) >= 11 is 13.5. The minimum atomic E-state index is -0.367. The minimum absolute atomic E-state index is 0.155. The molecule has 2 heterocycles. The summed E-state index contributed by atoms with van der Waals surface area (Å²) in [7, 11) is 0. The molecule has 1 aromatic carbocycles. The monoisotopic (exact) mass is 465 g/mol. The normalized spacial score (nSPS) is 11.9. The van der Waals surface area contributed by atoms with Crippen LogP contribution in [-0.4, -0.2) is 31.4 Å². The summed E-state index contributed by atoms with van der Waals surface area (Å²) in [5.41, 5.74) is 1.52. The SMILES string of the molecule is CCn1c(SCC(=O)Nc2cccnc2Cl)nnc1C(C)Oc1cc(C)ccc1Cl. The van der Waals surface area contributed by atoms with Gasteiger partial charge in [0, 0.05) is 12.7 Å². The average molecular weight is 466 g/mol. The number of aromatic nitrogens is 4. The highest BCUT2D eigenvalue weighted by Gasteiger charge is 2.20. The molecule has 0 spiro atoms. The van der Waals surface area contributed by atoms with Gasteiger partial charge in [-0.3, -0.25) is 4.79 Å². The molecule has 0 fully saturated rings. The Labute approximate surface area is 189 Å². The third kappa shape index (κ3) is 5.44. The van der Waals surface area contributed by atoms with Gasteiger partial charge >= 0.3 is 0 Å². The number of halogens is 2. The van der Waals surface area contributed by atoms with Crippen LogP contribution in [0.1, 0.15) is 31.3 Å². The second-order valence-corrected chi connectivity index (χ2v) is 8.17. The highest BCUT2D eigenvalue weighted by Crippen LogP contribution is 2.30. The minimum Gasteiger partial charge on any atom is -0.481 e. The van der Waals surface area contributed by atoms with Crippen molar-refractivity contribution in [3.63, 3.8) is 0 Å². The number of pyridine rings is 1. The number of carbonyl (C=O) groups excluding carboxylic acids is 1. The number of anilines is 1. The van der Waals surface area contributed by atoms with Crippen molar-refractivity contribution in [1.29, 1.82) is 0 Å². The van der Waals surface area contributed by atoms with Crippen LogP contribution in [0.4, 0.5) is 5.69 Å². The lowest BCUT2D eigenvalue weighted by atomic mass is 10.2. The van der Waals surface area contributed by atoms with Gasteiger partial charge in [-0.15, -0.1) is 10.2 Å². The molecule has 1 unspecified atom stereocenters. The highest BCUT2D eigenvalue weighted by molar-refractivity contribution is 7.99. The highest BCUT2D eigenvalue weighted by atomic mass is 35.5. The van der Waals surface area contributed by atoms with Crippen LogP contribution in [0.25, 0.3) is 0 Å². The quantitative estimate of drug-likeness (QED) is 0.364. The predicted molar refractivity (Wildman–Crippen MR) is 120 cm³/mol. The van der Waals surface area contributed by atoms with E-state index in [-0.39, 0.29) is 22.9 Å². The van der Waals surface area contributed by atoms with E-state index in [0.29, 0.717) is 34.0 Å². The van der Waals surface area contributed by atoms with E-state index in [4.69, 9.17) is 27.9 Å². The fourth-order valence-corrected chi connectivity index (χ4v) is 3.88. The summed E-state index contributed by atoms with van der Waals surface area (Å²) < 4.78 is 7.94. The molecular weight excluding hydrogens is 445 g/mol. The van der Waals surface area contributed by atoms with Gasteiger partial charge < -0.3 is 14.6 Å². The van der Waals surface area contributed by atoms with Crippen LogP contribution in [0.15, 0.2) is 41.7 Å². The van der Waals surface area contributed by atoms with Gasteiger partial charge in [-0.25, -0.2) is 4.98 Å². The first-order valence-corrected chi connectivity index (χ1v) is 11.0. The van der Waals surface area contributed by atoms with Gasteiger partial charge in [0.15, 0.2) is 22.2 Å². The lowest BCUT2D eigenvalue weighted by Gasteiger charge is -2.16. The van der Waals surface area contributed by atoms with E-state index in [1.807, 2.05) is 37.5 Å². The first-order valence-electron chi connectivity index (χ1n) is 9.28. The summed E-state index contributed by atoms with van der Waals surface area (Å²) in [4.78, 5) is 16.2. The molecule has 0 radical (unpaired) electrons. The molecule has 7 nitrogen and oxygen atoms in total. The van der Waals surface area contributed by atoms with Crippen LogP contribution in [0.3, 0.4) is 0 Å². The van der Waals surface area contributed by atoms with Gasteiger partial charge in [-0.1, -0.05) is 41.0 Å². The van der Waals surface area contributed by atoms with Crippen molar-refractivity contribution in [3.05, 3.63) is 58.1 Å². The second-order valence-electron chi connectivity index (χ2n) is 6.46. The molecule has 10 heteroatoms. The number of hydrogen-bond donors (Lipinski definition) is 1. The van der Waals surface area contributed by atoms with Crippen molar-refractivity contribution in [2.75, 3.05) is 11.1 Å². The fraction of sp³-hybridized carbons (Fsp3) is 0.300. The van der Waals surface area contributed by atoms with E-state index >= 15 is 0 Å². The number of benzene rings is 1. The maximum absolute atomic E-state index is 12.3. The van der Waals surface area contributed by atoms with Crippen molar-refractivity contribution < 1.29 is 9.53 Å². The average Bonchev–Trinajstić information content (AvgIpc) is 3.14. The van der Waals surface area contributed by atoms with Gasteiger partial charge in [0.05, 0.1) is 16.5 Å². The van der Waals surface area contributed by atoms with E-state index in [9.17, 15) is 4.79 Å². The second kappa shape index (κ2) is 10.1. The van der Waals surface area contributed by atoms with Gasteiger partial charge in [-0.2, -0.15) is 0 Å². The van der Waals surface area contributed by atoms with Gasteiger partial charge in [0.2, 0.25) is 5.91 Å². The number of carbonyl (C=O) groups is 1. The smallest absolute Gasteiger partial charge is 0.234 e. The van der Waals surface area contributed by atoms with Gasteiger partial charge in [0.25, 0.3) is 0 Å². The van der Waals surface area contributed by atoms with Crippen molar-refractivity contribution >= 4 is 46.6 Å². The first-order chi connectivity index (χ1) is 14.4. The van der Waals surface area contributed by atoms with E-state index < -0.39 is 0 Å². The van der Waals surface area contributed by atoms with E-state index in [1.54, 1.807) is 24.4 Å². The van der Waals surface area contributed by atoms with E-state index in [1.165, 1.54) is 11.8 Å². The largest absolute Gasteiger partial charge is 0.481 e. The van der Waals surface area contributed by atoms with Crippen LogP contribution in [-0.2, 0) is 11.3 Å². The maximum atomic E-state index is 12.3. The number of ether oxygens (including phenoxy) is 1. The number of hydrogen-bond acceptors (Lipinski definition) is 6. The zero-order chi connectivity index (χ0) is 21.7. The standard InChI is InChI=1S/C20H21Cl2N5O2S/c1-4-27-19(13(3)29-16-10-12(2)7-8-14(16)21)25-26-20(27)30-11-17(28)24-15-6-5-9-23-18(15)22/h5-10,13H,4,11H2,1-3H3,(H,24,28). The van der Waals surface area contributed by atoms with Crippen molar-refractivity contribution in [3.8, 4) is 5.75 Å². The summed E-state index contributed by atoms with van der Waals surface area (Å²) in [6.07, 6.45) is 1.19. The van der Waals surface area contributed by atoms with Crippen molar-refractivity contribution in [1.82, 2.24) is 19.7 Å². The Morgan fingerprint density at radius 2 is 2.10 bits per heavy atom. The third-order valence-electron chi connectivity index (χ3n) is 4.18. The lowest BCUT2D eigenvalue weighted by molar-refractivity contribution is -0.113. The number of thioether (sulfide) groups is 1. The van der Waals surface area contributed by atoms with Crippen LogP contribution in [0.5, 0.6) is 5.75 Å². The van der Waals surface area contributed by atoms with E-state index in [0.717, 1.165) is 5.56 Å². The van der Waals surface area contributed by atoms with Crippen molar-refractivity contribution in [2.24, 2.45) is 0 Å². The van der Waals surface area contributed by atoms with Crippen LogP contribution >= 0.6 is 35.0 Å².